The predicted octanol–water partition coefficient (Wildman–Crippen LogP) is 0.269. The van der Waals surface area contributed by atoms with E-state index in [2.05, 4.69) is 15.0 Å². The van der Waals surface area contributed by atoms with Gasteiger partial charge in [-0.15, -0.1) is 11.3 Å². The summed E-state index contributed by atoms with van der Waals surface area (Å²) in [5.74, 6) is -0.707. The van der Waals surface area contributed by atoms with Gasteiger partial charge in [0.15, 0.2) is 11.3 Å². The lowest BCUT2D eigenvalue weighted by Gasteiger charge is -1.98. The summed E-state index contributed by atoms with van der Waals surface area (Å²) in [6.45, 7) is 0. The molecule has 18 heavy (non-hydrogen) atoms. The summed E-state index contributed by atoms with van der Waals surface area (Å²) in [6, 6.07) is 3.60. The van der Waals surface area contributed by atoms with Crippen molar-refractivity contribution < 1.29 is 4.79 Å². The van der Waals surface area contributed by atoms with E-state index in [0.29, 0.717) is 10.6 Å². The number of fused-ring (bicyclic) bond motifs is 1. The quantitative estimate of drug-likeness (QED) is 0.690. The Morgan fingerprint density at radius 1 is 1.44 bits per heavy atom. The van der Waals surface area contributed by atoms with Crippen LogP contribution in [-0.4, -0.2) is 25.4 Å². The molecule has 0 radical (unpaired) electrons. The Kier molecular flexibility index (Phi) is 2.23. The van der Waals surface area contributed by atoms with Crippen LogP contribution in [0.15, 0.2) is 28.6 Å². The summed E-state index contributed by atoms with van der Waals surface area (Å²) in [7, 11) is 0. The number of hydrogen-bond donors (Lipinski definition) is 2. The van der Waals surface area contributed by atoms with Crippen LogP contribution in [0.3, 0.4) is 0 Å². The first-order valence-corrected chi connectivity index (χ1v) is 5.86. The highest BCUT2D eigenvalue weighted by molar-refractivity contribution is 7.12. The molecule has 3 heterocycles. The van der Waals surface area contributed by atoms with Crippen molar-refractivity contribution >= 4 is 28.4 Å². The maximum absolute atomic E-state index is 11.9. The van der Waals surface area contributed by atoms with E-state index < -0.39 is 5.91 Å². The summed E-state index contributed by atoms with van der Waals surface area (Å²) < 4.78 is 1.38. The molecule has 3 rings (SSSR count). The molecule has 3 N–H and O–H groups in total. The number of H-pyrrole nitrogens is 1. The minimum absolute atomic E-state index is 0.00686. The molecule has 7 nitrogen and oxygen atoms in total. The predicted molar refractivity (Wildman–Crippen MR) is 65.9 cm³/mol. The van der Waals surface area contributed by atoms with Crippen LogP contribution in [0, 0.1) is 0 Å². The average Bonchev–Trinajstić information content (AvgIpc) is 2.93. The zero-order valence-electron chi connectivity index (χ0n) is 8.95. The van der Waals surface area contributed by atoms with Crippen LogP contribution in [0.4, 0.5) is 0 Å². The van der Waals surface area contributed by atoms with Crippen LogP contribution in [0.2, 0.25) is 0 Å². The number of hydrogen-bond acceptors (Lipinski definition) is 5. The van der Waals surface area contributed by atoms with Gasteiger partial charge in [0.1, 0.15) is 16.8 Å². The van der Waals surface area contributed by atoms with E-state index in [1.54, 1.807) is 6.07 Å². The van der Waals surface area contributed by atoms with Crippen molar-refractivity contribution in [2.75, 3.05) is 0 Å². The highest BCUT2D eigenvalue weighted by atomic mass is 32.1. The molecule has 8 heteroatoms. The van der Waals surface area contributed by atoms with Crippen molar-refractivity contribution in [2.45, 2.75) is 0 Å². The van der Waals surface area contributed by atoms with Crippen molar-refractivity contribution in [3.63, 3.8) is 0 Å². The van der Waals surface area contributed by atoms with Crippen LogP contribution in [0.25, 0.3) is 16.2 Å². The maximum atomic E-state index is 11.9. The molecule has 0 bridgehead atoms. The van der Waals surface area contributed by atoms with Gasteiger partial charge < -0.3 is 10.7 Å². The number of imidazole rings is 1. The third-order valence-electron chi connectivity index (χ3n) is 2.43. The van der Waals surface area contributed by atoms with Crippen LogP contribution in [-0.2, 0) is 0 Å². The molecule has 0 aliphatic heterocycles. The van der Waals surface area contributed by atoms with E-state index >= 15 is 0 Å². The van der Waals surface area contributed by atoms with E-state index in [1.807, 2.05) is 11.4 Å². The lowest BCUT2D eigenvalue weighted by Crippen LogP contribution is -2.14. The third-order valence-corrected chi connectivity index (χ3v) is 3.29. The van der Waals surface area contributed by atoms with Crippen molar-refractivity contribution in [3.05, 3.63) is 40.0 Å². The molecule has 0 saturated heterocycles. The summed E-state index contributed by atoms with van der Waals surface area (Å²) in [4.78, 5) is 33.5. The van der Waals surface area contributed by atoms with E-state index in [1.165, 1.54) is 22.2 Å². The second kappa shape index (κ2) is 3.77. The van der Waals surface area contributed by atoms with Crippen molar-refractivity contribution in [1.29, 1.82) is 0 Å². The van der Waals surface area contributed by atoms with Crippen molar-refractivity contribution in [1.82, 2.24) is 19.5 Å². The molecule has 0 spiro atoms. The molecular weight excluding hydrogens is 254 g/mol. The molecule has 3 aromatic rings. The number of amides is 1. The molecule has 3 aromatic heterocycles. The number of nitrogens with two attached hydrogens (primary N) is 1. The standard InChI is InChI=1S/C10H7N5O2S/c11-8(16)6-7-9(13-4-12-6)15(10(17)14-7)5-2-1-3-18-5/h1-4H,(H2,11,16)(H,14,17). The van der Waals surface area contributed by atoms with Crippen LogP contribution in [0.5, 0.6) is 0 Å². The number of thiophene rings is 1. The maximum Gasteiger partial charge on any atom is 0.333 e. The first-order chi connectivity index (χ1) is 8.68. The van der Waals surface area contributed by atoms with E-state index in [0.717, 1.165) is 0 Å². The fourth-order valence-electron chi connectivity index (χ4n) is 1.71. The van der Waals surface area contributed by atoms with Gasteiger partial charge in [-0.1, -0.05) is 0 Å². The third kappa shape index (κ3) is 1.43. The molecule has 0 atom stereocenters. The molecule has 1 amide bonds. The van der Waals surface area contributed by atoms with E-state index in [9.17, 15) is 9.59 Å². The minimum Gasteiger partial charge on any atom is -0.364 e. The SMILES string of the molecule is NC(=O)c1ncnc2c1[nH]c(=O)n2-c1cccs1. The molecule has 0 aromatic carbocycles. The summed E-state index contributed by atoms with van der Waals surface area (Å²) in [6.07, 6.45) is 1.21. The molecule has 0 fully saturated rings. The lowest BCUT2D eigenvalue weighted by atomic mass is 10.3. The Balaban J connectivity index is 2.42. The number of carbonyl (C=O) groups is 1. The van der Waals surface area contributed by atoms with Crippen LogP contribution >= 0.6 is 11.3 Å². The Labute approximate surface area is 104 Å². The average molecular weight is 261 g/mol. The van der Waals surface area contributed by atoms with Crippen LogP contribution < -0.4 is 11.4 Å². The molecule has 0 aliphatic rings. The minimum atomic E-state index is -0.707. The van der Waals surface area contributed by atoms with E-state index in [-0.39, 0.29) is 16.9 Å². The van der Waals surface area contributed by atoms with Crippen molar-refractivity contribution in [3.8, 4) is 5.00 Å². The smallest absolute Gasteiger partial charge is 0.333 e. The van der Waals surface area contributed by atoms with Crippen LogP contribution in [0.1, 0.15) is 10.5 Å². The molecule has 90 valence electrons. The highest BCUT2D eigenvalue weighted by Crippen LogP contribution is 2.18. The van der Waals surface area contributed by atoms with Gasteiger partial charge in [-0.2, -0.15) is 0 Å². The molecule has 0 unspecified atom stereocenters. The largest absolute Gasteiger partial charge is 0.364 e. The second-order valence-corrected chi connectivity index (χ2v) is 4.43. The zero-order valence-corrected chi connectivity index (χ0v) is 9.77. The number of aromatic nitrogens is 4. The van der Waals surface area contributed by atoms with Gasteiger partial charge in [0.05, 0.1) is 0 Å². The number of carbonyl (C=O) groups excluding carboxylic acids is 1. The number of nitrogens with one attached hydrogen (secondary N) is 1. The van der Waals surface area contributed by atoms with Gasteiger partial charge in [-0.05, 0) is 17.5 Å². The number of primary amides is 1. The van der Waals surface area contributed by atoms with Gasteiger partial charge in [-0.3, -0.25) is 4.79 Å². The van der Waals surface area contributed by atoms with E-state index in [4.69, 9.17) is 5.73 Å². The Morgan fingerprint density at radius 3 is 2.94 bits per heavy atom. The van der Waals surface area contributed by atoms with Gasteiger partial charge in [0.25, 0.3) is 5.91 Å². The molecular formula is C10H7N5O2S. The Bertz CT molecular complexity index is 786. The molecule has 0 aliphatic carbocycles. The second-order valence-electron chi connectivity index (χ2n) is 3.50. The summed E-state index contributed by atoms with van der Waals surface area (Å²) in [5, 5.41) is 2.55. The van der Waals surface area contributed by atoms with Crippen molar-refractivity contribution in [2.24, 2.45) is 5.73 Å². The number of aromatic amines is 1. The monoisotopic (exact) mass is 261 g/mol. The van der Waals surface area contributed by atoms with Gasteiger partial charge >= 0.3 is 5.69 Å². The molecule has 0 saturated carbocycles. The van der Waals surface area contributed by atoms with Gasteiger partial charge in [0, 0.05) is 0 Å². The lowest BCUT2D eigenvalue weighted by molar-refractivity contribution is 0.0997. The fraction of sp³-hybridized carbons (Fsp3) is 0. The fourth-order valence-corrected chi connectivity index (χ4v) is 2.44. The Hall–Kier alpha value is -2.48. The highest BCUT2D eigenvalue weighted by Gasteiger charge is 2.16. The summed E-state index contributed by atoms with van der Waals surface area (Å²) >= 11 is 1.39. The van der Waals surface area contributed by atoms with Gasteiger partial charge in [0.2, 0.25) is 0 Å². The van der Waals surface area contributed by atoms with Gasteiger partial charge in [-0.25, -0.2) is 19.3 Å². The Morgan fingerprint density at radius 2 is 2.28 bits per heavy atom. The topological polar surface area (TPSA) is 107 Å². The first kappa shape index (κ1) is 10.7. The first-order valence-electron chi connectivity index (χ1n) is 4.98. The zero-order chi connectivity index (χ0) is 12.7. The number of rotatable bonds is 2. The summed E-state index contributed by atoms with van der Waals surface area (Å²) in [5.41, 5.74) is 5.42. The number of nitrogens with zero attached hydrogens (tertiary/aromatic N) is 3. The normalized spacial score (nSPS) is 10.9.